The molecule has 0 bridgehead atoms. The van der Waals surface area contributed by atoms with E-state index in [-0.39, 0.29) is 45.5 Å². The molecule has 0 atom stereocenters. The first kappa shape index (κ1) is 21.7. The van der Waals surface area contributed by atoms with E-state index in [4.69, 9.17) is 25.0 Å². The van der Waals surface area contributed by atoms with Crippen molar-refractivity contribution in [1.29, 1.82) is 0 Å². The van der Waals surface area contributed by atoms with Crippen LogP contribution in [0.1, 0.15) is 20.6 Å². The van der Waals surface area contributed by atoms with Crippen molar-refractivity contribution in [2.24, 2.45) is 0 Å². The number of benzene rings is 11. The normalized spacial score (nSPS) is 15.3. The fourth-order valence-corrected chi connectivity index (χ4v) is 8.87. The molecule has 59 heavy (non-hydrogen) atoms. The summed E-state index contributed by atoms with van der Waals surface area (Å²) in [6.45, 7) is 0. The molecule has 0 fully saturated rings. The highest BCUT2D eigenvalue weighted by Crippen LogP contribution is 2.48. The highest BCUT2D eigenvalue weighted by atomic mass is 16.3. The van der Waals surface area contributed by atoms with Gasteiger partial charge in [-0.3, -0.25) is 0 Å². The van der Waals surface area contributed by atoms with Gasteiger partial charge in [0, 0.05) is 21.9 Å². The van der Waals surface area contributed by atoms with Crippen molar-refractivity contribution in [3.8, 4) is 55.6 Å². The highest BCUT2D eigenvalue weighted by Gasteiger charge is 2.22. The van der Waals surface area contributed by atoms with Crippen LogP contribution < -0.4 is 0 Å². The van der Waals surface area contributed by atoms with Crippen LogP contribution in [0.15, 0.2) is 222 Å². The third kappa shape index (κ3) is 5.25. The van der Waals surface area contributed by atoms with Gasteiger partial charge < -0.3 is 4.42 Å². The number of fused-ring (bicyclic) bond motifs is 8. The number of para-hydroxylation sites is 1. The zero-order chi connectivity index (χ0) is 51.9. The minimum atomic E-state index is -0.620. The molecule has 1 aromatic heterocycles. The minimum Gasteiger partial charge on any atom is -0.455 e. The lowest BCUT2D eigenvalue weighted by atomic mass is 9.85. The Labute approximate surface area is 363 Å². The van der Waals surface area contributed by atoms with E-state index < -0.39 is 78.6 Å². The minimum absolute atomic E-state index is 0.0229. The largest absolute Gasteiger partial charge is 0.455 e. The molecule has 11 aromatic carbocycles. The van der Waals surface area contributed by atoms with Gasteiger partial charge in [-0.25, -0.2) is 0 Å². The van der Waals surface area contributed by atoms with Crippen molar-refractivity contribution in [2.75, 3.05) is 0 Å². The summed E-state index contributed by atoms with van der Waals surface area (Å²) in [5.74, 6) is 0. The molecule has 0 unspecified atom stereocenters. The molecule has 12 rings (SSSR count). The number of hydrogen-bond donors (Lipinski definition) is 0. The van der Waals surface area contributed by atoms with Gasteiger partial charge in [-0.05, 0) is 106 Å². The van der Waals surface area contributed by atoms with Crippen LogP contribution in [-0.4, -0.2) is 0 Å². The number of furan rings is 1. The third-order valence-electron chi connectivity index (χ3n) is 11.3. The number of hydrogen-bond acceptors (Lipinski definition) is 1. The van der Waals surface area contributed by atoms with Gasteiger partial charge in [0.25, 0.3) is 0 Å². The van der Waals surface area contributed by atoms with Gasteiger partial charge in [0.2, 0.25) is 0 Å². The summed E-state index contributed by atoms with van der Waals surface area (Å²) >= 11 is 0. The molecule has 0 saturated carbocycles. The predicted octanol–water partition coefficient (Wildman–Crippen LogP) is 16.5. The molecule has 0 saturated heterocycles. The molecule has 0 aliphatic carbocycles. The molecule has 1 heteroatoms. The summed E-state index contributed by atoms with van der Waals surface area (Å²) < 4.78 is 138. The quantitative estimate of drug-likeness (QED) is 0.126. The number of rotatable bonds is 5. The van der Waals surface area contributed by atoms with Gasteiger partial charge >= 0.3 is 0 Å². The zero-order valence-corrected chi connectivity index (χ0v) is 31.0. The summed E-state index contributed by atoms with van der Waals surface area (Å²) in [5.41, 5.74) is 3.88. The molecular formula is C58H36O. The summed E-state index contributed by atoms with van der Waals surface area (Å²) in [4.78, 5) is 0. The van der Waals surface area contributed by atoms with Gasteiger partial charge in [0.1, 0.15) is 11.2 Å². The van der Waals surface area contributed by atoms with Gasteiger partial charge in [-0.1, -0.05) is 200 Å². The topological polar surface area (TPSA) is 13.1 Å². The third-order valence-corrected chi connectivity index (χ3v) is 11.3. The molecule has 1 nitrogen and oxygen atoms in total. The molecule has 0 aliphatic rings. The average molecular weight is 764 g/mol. The fourth-order valence-electron chi connectivity index (χ4n) is 8.87. The summed E-state index contributed by atoms with van der Waals surface area (Å²) in [7, 11) is 0. The zero-order valence-electron chi connectivity index (χ0n) is 46.0. The van der Waals surface area contributed by atoms with Crippen molar-refractivity contribution < 1.29 is 25.0 Å². The Bertz CT molecular complexity index is 4360. The molecule has 0 aliphatic heterocycles. The van der Waals surface area contributed by atoms with Gasteiger partial charge in [0.05, 0.1) is 20.6 Å². The monoisotopic (exact) mass is 763 g/mol. The smallest absolute Gasteiger partial charge is 0.143 e. The van der Waals surface area contributed by atoms with Crippen molar-refractivity contribution in [3.63, 3.8) is 0 Å². The average Bonchev–Trinajstić information content (AvgIpc) is 3.81. The van der Waals surface area contributed by atoms with Crippen molar-refractivity contribution in [2.45, 2.75) is 0 Å². The fraction of sp³-hybridized carbons (Fsp3) is 0. The molecule has 12 aromatic rings. The Morgan fingerprint density at radius 2 is 0.780 bits per heavy atom. The lowest BCUT2D eigenvalue weighted by Gasteiger charge is -2.18. The van der Waals surface area contributed by atoms with Crippen LogP contribution in [0.5, 0.6) is 0 Å². The Hall–Kier alpha value is -7.74. The molecule has 0 spiro atoms. The first-order valence-corrected chi connectivity index (χ1v) is 19.1. The van der Waals surface area contributed by atoms with E-state index >= 15 is 0 Å². The van der Waals surface area contributed by atoms with Crippen molar-refractivity contribution >= 4 is 65.0 Å². The van der Waals surface area contributed by atoms with Crippen molar-refractivity contribution in [1.82, 2.24) is 0 Å². The van der Waals surface area contributed by atoms with Crippen LogP contribution in [0, 0.1) is 0 Å². The SMILES string of the molecule is [2H]c1c([2H])c([2H])c(-c2ccc3c(oc4c(-c5cc6cc(-c7c8ccccc8c(-c8c([2H])c([2H])c([2H])c([2H])c8[2H])c8ccccc78)ccc6c6ccccc56)cccc43)c2-c2c([2H])c([2H])c([2H])c([2H])c2[2H])c([2H])c1[2H]. The van der Waals surface area contributed by atoms with Gasteiger partial charge in [-0.15, -0.1) is 0 Å². The van der Waals surface area contributed by atoms with Gasteiger partial charge in [0.15, 0.2) is 0 Å². The molecule has 0 amide bonds. The van der Waals surface area contributed by atoms with Crippen LogP contribution in [0.3, 0.4) is 0 Å². The molecule has 1 heterocycles. The van der Waals surface area contributed by atoms with E-state index in [1.165, 1.54) is 0 Å². The summed E-state index contributed by atoms with van der Waals surface area (Å²) in [6, 6.07) is 32.9. The first-order valence-electron chi connectivity index (χ1n) is 26.6. The van der Waals surface area contributed by atoms with Crippen LogP contribution in [0.25, 0.3) is 121 Å². The second-order valence-corrected chi connectivity index (χ2v) is 14.4. The maximum atomic E-state index is 9.12. The second-order valence-electron chi connectivity index (χ2n) is 14.4. The lowest BCUT2D eigenvalue weighted by Crippen LogP contribution is -1.91. The molecule has 274 valence electrons. The predicted molar refractivity (Wildman–Crippen MR) is 251 cm³/mol. The van der Waals surface area contributed by atoms with E-state index in [1.54, 1.807) is 12.1 Å². The maximum absolute atomic E-state index is 9.12. The summed E-state index contributed by atoms with van der Waals surface area (Å²) in [5, 5.41) is 7.85. The Morgan fingerprint density at radius 3 is 1.41 bits per heavy atom. The van der Waals surface area contributed by atoms with E-state index in [9.17, 15) is 0 Å². The van der Waals surface area contributed by atoms with E-state index in [0.717, 1.165) is 49.0 Å². The Balaban J connectivity index is 1.14. The molecule has 0 N–H and O–H groups in total. The molecule has 0 radical (unpaired) electrons. The second kappa shape index (κ2) is 13.4. The Kier molecular flexibility index (Phi) is 4.94. The van der Waals surface area contributed by atoms with Crippen LogP contribution in [-0.2, 0) is 0 Å². The van der Waals surface area contributed by atoms with E-state index in [1.807, 2.05) is 91.0 Å². The van der Waals surface area contributed by atoms with Crippen LogP contribution in [0.2, 0.25) is 0 Å². The Morgan fingerprint density at radius 1 is 0.288 bits per heavy atom. The standard InChI is InChI=1S/C58H36O/c1-4-17-37(18-5-1)43-33-34-52-50-29-16-30-51(57(50)59-58(52)56(43)39-21-8-3-9-22-39)53-36-41-35-40(31-32-42(41)44-23-10-11-24-45(44)53)55-48-27-14-12-25-46(48)54(38-19-6-2-7-20-38)47-26-13-15-28-49(47)55/h1-36H/i1D,2D,3D,4D,5D,6D,7D,8D,9D,17D,18D,19D,20D,21D,22D. The van der Waals surface area contributed by atoms with E-state index in [0.29, 0.717) is 38.3 Å². The van der Waals surface area contributed by atoms with Crippen LogP contribution in [0.4, 0.5) is 0 Å². The van der Waals surface area contributed by atoms with Crippen molar-refractivity contribution in [3.05, 3.63) is 218 Å². The maximum Gasteiger partial charge on any atom is 0.143 e. The molecular weight excluding hydrogens is 713 g/mol. The summed E-state index contributed by atoms with van der Waals surface area (Å²) in [6.07, 6.45) is 0. The van der Waals surface area contributed by atoms with E-state index in [2.05, 4.69) is 24.3 Å². The highest BCUT2D eigenvalue weighted by molar-refractivity contribution is 6.23. The van der Waals surface area contributed by atoms with Gasteiger partial charge in [-0.2, -0.15) is 0 Å². The van der Waals surface area contributed by atoms with Crippen LogP contribution >= 0.6 is 0 Å². The lowest BCUT2D eigenvalue weighted by molar-refractivity contribution is 0.671. The first-order chi connectivity index (χ1) is 35.5.